The molecule has 4 rings (SSSR count). The van der Waals surface area contributed by atoms with Crippen molar-refractivity contribution in [3.63, 3.8) is 0 Å². The van der Waals surface area contributed by atoms with Gasteiger partial charge in [-0.1, -0.05) is 18.2 Å². The van der Waals surface area contributed by atoms with Gasteiger partial charge in [-0.3, -0.25) is 4.79 Å². The van der Waals surface area contributed by atoms with Crippen LogP contribution in [0.5, 0.6) is 5.75 Å². The Morgan fingerprint density at radius 2 is 2.10 bits per heavy atom. The topological polar surface area (TPSA) is 26.3 Å². The molecule has 0 saturated carbocycles. The fraction of sp³-hybridized carbons (Fsp3) is 0.188. The van der Waals surface area contributed by atoms with Crippen LogP contribution in [0, 0.1) is 0 Å². The molecule has 2 aromatic heterocycles. The van der Waals surface area contributed by atoms with E-state index in [-0.39, 0.29) is 11.7 Å². The van der Waals surface area contributed by atoms with Gasteiger partial charge >= 0.3 is 0 Å². The second-order valence-corrected chi connectivity index (χ2v) is 6.88. The van der Waals surface area contributed by atoms with Gasteiger partial charge in [0.15, 0.2) is 5.78 Å². The van der Waals surface area contributed by atoms with Crippen molar-refractivity contribution in [3.8, 4) is 5.75 Å². The zero-order chi connectivity index (χ0) is 13.5. The molecule has 3 heterocycles. The predicted octanol–water partition coefficient (Wildman–Crippen LogP) is 4.71. The van der Waals surface area contributed by atoms with Crippen LogP contribution >= 0.6 is 22.7 Å². The van der Waals surface area contributed by atoms with Crippen molar-refractivity contribution in [2.75, 3.05) is 6.61 Å². The SMILES string of the molecule is O=C(c1cc2sccc2s1)C1CCOc2ccccc21. The lowest BCUT2D eigenvalue weighted by Crippen LogP contribution is -2.20. The van der Waals surface area contributed by atoms with Gasteiger partial charge < -0.3 is 4.74 Å². The standard InChI is InChI=1S/C16H12O2S2/c17-16(15-9-14-13(20-15)6-8-19-14)11-5-7-18-12-4-2-1-3-10(11)12/h1-4,6,8-9,11H,5,7H2. The summed E-state index contributed by atoms with van der Waals surface area (Å²) in [5.74, 6) is 1.03. The Morgan fingerprint density at radius 3 is 3.00 bits per heavy atom. The third-order valence-electron chi connectivity index (χ3n) is 3.66. The van der Waals surface area contributed by atoms with Crippen molar-refractivity contribution in [2.45, 2.75) is 12.3 Å². The van der Waals surface area contributed by atoms with E-state index in [9.17, 15) is 4.79 Å². The molecule has 0 aliphatic carbocycles. The van der Waals surface area contributed by atoms with Crippen molar-refractivity contribution in [1.82, 2.24) is 0 Å². The van der Waals surface area contributed by atoms with E-state index in [1.807, 2.05) is 30.3 Å². The summed E-state index contributed by atoms with van der Waals surface area (Å²) in [4.78, 5) is 13.7. The maximum absolute atomic E-state index is 12.8. The van der Waals surface area contributed by atoms with Gasteiger partial charge in [0.25, 0.3) is 0 Å². The van der Waals surface area contributed by atoms with E-state index < -0.39 is 0 Å². The monoisotopic (exact) mass is 300 g/mol. The van der Waals surface area contributed by atoms with Gasteiger partial charge in [0.1, 0.15) is 5.75 Å². The summed E-state index contributed by atoms with van der Waals surface area (Å²) in [6.45, 7) is 0.618. The molecular weight excluding hydrogens is 288 g/mol. The minimum absolute atomic E-state index is 0.0623. The van der Waals surface area contributed by atoms with E-state index in [4.69, 9.17) is 4.74 Å². The highest BCUT2D eigenvalue weighted by Crippen LogP contribution is 2.38. The minimum atomic E-state index is -0.0623. The first-order valence-corrected chi connectivity index (χ1v) is 8.25. The number of benzene rings is 1. The van der Waals surface area contributed by atoms with Crippen LogP contribution in [0.3, 0.4) is 0 Å². The smallest absolute Gasteiger partial charge is 0.180 e. The molecule has 0 bridgehead atoms. The van der Waals surface area contributed by atoms with Crippen LogP contribution < -0.4 is 4.74 Å². The molecular formula is C16H12O2S2. The van der Waals surface area contributed by atoms with Gasteiger partial charge in [-0.15, -0.1) is 22.7 Å². The van der Waals surface area contributed by atoms with Crippen molar-refractivity contribution in [3.05, 3.63) is 52.2 Å². The Kier molecular flexibility index (Phi) is 2.86. The number of para-hydroxylation sites is 1. The molecule has 1 aliphatic rings. The van der Waals surface area contributed by atoms with Crippen LogP contribution in [0.2, 0.25) is 0 Å². The van der Waals surface area contributed by atoms with E-state index in [0.29, 0.717) is 6.61 Å². The van der Waals surface area contributed by atoms with Crippen molar-refractivity contribution in [2.24, 2.45) is 0 Å². The highest BCUT2D eigenvalue weighted by atomic mass is 32.1. The maximum Gasteiger partial charge on any atom is 0.180 e. The average Bonchev–Trinajstić information content (AvgIpc) is 3.07. The summed E-state index contributed by atoms with van der Waals surface area (Å²) < 4.78 is 8.05. The first kappa shape index (κ1) is 12.1. The third kappa shape index (κ3) is 1.87. The number of carbonyl (C=O) groups excluding carboxylic acids is 1. The number of hydrogen-bond acceptors (Lipinski definition) is 4. The lowest BCUT2D eigenvalue weighted by atomic mass is 9.89. The molecule has 1 unspecified atom stereocenters. The number of hydrogen-bond donors (Lipinski definition) is 0. The highest BCUT2D eigenvalue weighted by molar-refractivity contribution is 7.27. The molecule has 0 saturated heterocycles. The molecule has 0 amide bonds. The van der Waals surface area contributed by atoms with Gasteiger partial charge in [-0.2, -0.15) is 0 Å². The van der Waals surface area contributed by atoms with Gasteiger partial charge in [-0.05, 0) is 30.0 Å². The molecule has 1 atom stereocenters. The second-order valence-electron chi connectivity index (χ2n) is 4.85. The molecule has 2 nitrogen and oxygen atoms in total. The number of thiophene rings is 2. The fourth-order valence-electron chi connectivity index (χ4n) is 2.67. The molecule has 0 N–H and O–H groups in total. The summed E-state index contributed by atoms with van der Waals surface area (Å²) in [6.07, 6.45) is 0.765. The number of fused-ring (bicyclic) bond motifs is 2. The summed E-state index contributed by atoms with van der Waals surface area (Å²) >= 11 is 3.29. The molecule has 0 fully saturated rings. The molecule has 1 aromatic carbocycles. The Labute approximate surface area is 124 Å². The van der Waals surface area contributed by atoms with Crippen LogP contribution in [0.15, 0.2) is 41.8 Å². The van der Waals surface area contributed by atoms with Crippen LogP contribution in [-0.2, 0) is 0 Å². The van der Waals surface area contributed by atoms with Gasteiger partial charge in [0.2, 0.25) is 0 Å². The van der Waals surface area contributed by atoms with Crippen LogP contribution in [0.25, 0.3) is 9.40 Å². The van der Waals surface area contributed by atoms with E-state index in [2.05, 4.69) is 11.4 Å². The number of Topliss-reactive ketones (excluding diaryl/α,β-unsaturated/α-hetero) is 1. The first-order valence-electron chi connectivity index (χ1n) is 6.56. The zero-order valence-corrected chi connectivity index (χ0v) is 12.3. The van der Waals surface area contributed by atoms with E-state index in [1.165, 1.54) is 9.40 Å². The average molecular weight is 300 g/mol. The van der Waals surface area contributed by atoms with E-state index >= 15 is 0 Å². The molecule has 100 valence electrons. The molecule has 1 aliphatic heterocycles. The Bertz CT molecular complexity index is 756. The normalized spacial score (nSPS) is 17.7. The van der Waals surface area contributed by atoms with Crippen LogP contribution in [0.1, 0.15) is 27.6 Å². The Hall–Kier alpha value is -1.65. The number of rotatable bonds is 2. The largest absolute Gasteiger partial charge is 0.493 e. The number of carbonyl (C=O) groups is 1. The van der Waals surface area contributed by atoms with Crippen molar-refractivity contribution < 1.29 is 9.53 Å². The summed E-state index contributed by atoms with van der Waals surface area (Å²) in [7, 11) is 0. The summed E-state index contributed by atoms with van der Waals surface area (Å²) in [6, 6.07) is 12.0. The van der Waals surface area contributed by atoms with Gasteiger partial charge in [0.05, 0.1) is 17.4 Å². The van der Waals surface area contributed by atoms with Crippen molar-refractivity contribution >= 4 is 37.9 Å². The lowest BCUT2D eigenvalue weighted by Gasteiger charge is -2.24. The molecule has 3 aromatic rings. The van der Waals surface area contributed by atoms with E-state index in [0.717, 1.165) is 22.6 Å². The zero-order valence-electron chi connectivity index (χ0n) is 10.7. The first-order chi connectivity index (χ1) is 9.83. The Balaban J connectivity index is 1.74. The molecule has 20 heavy (non-hydrogen) atoms. The number of ether oxygens (including phenoxy) is 1. The fourth-order valence-corrected chi connectivity index (χ4v) is 4.78. The highest BCUT2D eigenvalue weighted by Gasteiger charge is 2.29. The van der Waals surface area contributed by atoms with Crippen LogP contribution in [0.4, 0.5) is 0 Å². The number of ketones is 1. The third-order valence-corrected chi connectivity index (χ3v) is 5.77. The predicted molar refractivity (Wildman–Crippen MR) is 83.3 cm³/mol. The quantitative estimate of drug-likeness (QED) is 0.641. The van der Waals surface area contributed by atoms with Crippen LogP contribution in [-0.4, -0.2) is 12.4 Å². The van der Waals surface area contributed by atoms with E-state index in [1.54, 1.807) is 22.7 Å². The maximum atomic E-state index is 12.8. The lowest BCUT2D eigenvalue weighted by molar-refractivity contribution is 0.0937. The minimum Gasteiger partial charge on any atom is -0.493 e. The Morgan fingerprint density at radius 1 is 1.20 bits per heavy atom. The van der Waals surface area contributed by atoms with Crippen molar-refractivity contribution in [1.29, 1.82) is 0 Å². The second kappa shape index (κ2) is 4.72. The van der Waals surface area contributed by atoms with Gasteiger partial charge in [0, 0.05) is 15.0 Å². The molecule has 4 heteroatoms. The summed E-state index contributed by atoms with van der Waals surface area (Å²) in [5.41, 5.74) is 1.03. The molecule has 0 spiro atoms. The molecule has 0 radical (unpaired) electrons. The summed E-state index contributed by atoms with van der Waals surface area (Å²) in [5, 5.41) is 2.07. The van der Waals surface area contributed by atoms with Gasteiger partial charge in [-0.25, -0.2) is 0 Å².